The Morgan fingerprint density at radius 2 is 2.04 bits per heavy atom. The van der Waals surface area contributed by atoms with E-state index < -0.39 is 5.60 Å². The zero-order chi connectivity index (χ0) is 16.4. The van der Waals surface area contributed by atoms with Crippen LogP contribution < -0.4 is 10.6 Å². The molecule has 2 aliphatic rings. The van der Waals surface area contributed by atoms with E-state index in [-0.39, 0.29) is 12.1 Å². The first kappa shape index (κ1) is 16.2. The molecule has 1 fully saturated rings. The summed E-state index contributed by atoms with van der Waals surface area (Å²) in [6.07, 6.45) is 6.92. The van der Waals surface area contributed by atoms with Crippen LogP contribution in [-0.4, -0.2) is 28.8 Å². The monoisotopic (exact) mass is 317 g/mol. The number of nitrogens with one attached hydrogen (secondary N) is 2. The minimum Gasteiger partial charge on any atom is -0.444 e. The highest BCUT2D eigenvalue weighted by Gasteiger charge is 2.33. The third-order valence-electron chi connectivity index (χ3n) is 4.59. The van der Waals surface area contributed by atoms with Gasteiger partial charge in [-0.2, -0.15) is 0 Å². The number of pyridine rings is 1. The summed E-state index contributed by atoms with van der Waals surface area (Å²) in [4.78, 5) is 16.6. The molecule has 0 bridgehead atoms. The maximum atomic E-state index is 12.0. The van der Waals surface area contributed by atoms with E-state index in [0.717, 1.165) is 32.1 Å². The third-order valence-corrected chi connectivity index (χ3v) is 4.59. The summed E-state index contributed by atoms with van der Waals surface area (Å²) < 4.78 is 5.38. The number of alkyl carbamates (subject to hydrolysis) is 1. The molecule has 0 saturated heterocycles. The van der Waals surface area contributed by atoms with E-state index in [1.807, 2.05) is 33.0 Å². The Morgan fingerprint density at radius 1 is 1.26 bits per heavy atom. The second-order valence-electron chi connectivity index (χ2n) is 7.60. The highest BCUT2D eigenvalue weighted by molar-refractivity contribution is 5.68. The molecule has 2 N–H and O–H groups in total. The fourth-order valence-corrected chi connectivity index (χ4v) is 3.62. The van der Waals surface area contributed by atoms with Crippen LogP contribution in [0.15, 0.2) is 18.3 Å². The number of carbonyl (C=O) groups is 1. The Labute approximate surface area is 138 Å². The molecule has 2 aliphatic carbocycles. The Bertz CT molecular complexity index is 568. The highest BCUT2D eigenvalue weighted by Crippen LogP contribution is 2.31. The lowest BCUT2D eigenvalue weighted by Gasteiger charge is -2.27. The molecule has 0 spiro atoms. The van der Waals surface area contributed by atoms with Gasteiger partial charge in [0.15, 0.2) is 0 Å². The van der Waals surface area contributed by atoms with Gasteiger partial charge in [0.25, 0.3) is 0 Å². The molecule has 0 aliphatic heterocycles. The number of nitrogens with zero attached hydrogens (tertiary/aromatic N) is 1. The molecule has 5 nitrogen and oxygen atoms in total. The molecule has 5 heteroatoms. The van der Waals surface area contributed by atoms with Crippen molar-refractivity contribution in [2.75, 3.05) is 0 Å². The van der Waals surface area contributed by atoms with Crippen molar-refractivity contribution in [3.63, 3.8) is 0 Å². The first-order valence-electron chi connectivity index (χ1n) is 8.62. The van der Waals surface area contributed by atoms with E-state index in [2.05, 4.69) is 21.7 Å². The van der Waals surface area contributed by atoms with Gasteiger partial charge in [0.1, 0.15) is 5.60 Å². The molecule has 0 radical (unpaired) electrons. The minimum atomic E-state index is -0.458. The summed E-state index contributed by atoms with van der Waals surface area (Å²) in [5, 5.41) is 6.76. The van der Waals surface area contributed by atoms with Gasteiger partial charge >= 0.3 is 6.09 Å². The molecule has 23 heavy (non-hydrogen) atoms. The lowest BCUT2D eigenvalue weighted by Crippen LogP contribution is -2.48. The highest BCUT2D eigenvalue weighted by atomic mass is 16.6. The van der Waals surface area contributed by atoms with Gasteiger partial charge in [-0.3, -0.25) is 4.98 Å². The molecular formula is C18H27N3O2. The maximum absolute atomic E-state index is 12.0. The van der Waals surface area contributed by atoms with Gasteiger partial charge < -0.3 is 15.4 Å². The van der Waals surface area contributed by atoms with E-state index in [0.29, 0.717) is 12.1 Å². The number of carbonyl (C=O) groups excluding carboxylic acids is 1. The van der Waals surface area contributed by atoms with Crippen molar-refractivity contribution in [3.8, 4) is 0 Å². The van der Waals surface area contributed by atoms with Crippen molar-refractivity contribution >= 4 is 6.09 Å². The van der Waals surface area contributed by atoms with Crippen LogP contribution >= 0.6 is 0 Å². The second kappa shape index (κ2) is 6.48. The number of aryl methyl sites for hydroxylation is 1. The van der Waals surface area contributed by atoms with E-state index in [4.69, 9.17) is 4.74 Å². The molecule has 126 valence electrons. The Kier molecular flexibility index (Phi) is 4.57. The average molecular weight is 317 g/mol. The van der Waals surface area contributed by atoms with Crippen LogP contribution in [0.5, 0.6) is 0 Å². The zero-order valence-corrected chi connectivity index (χ0v) is 14.3. The zero-order valence-electron chi connectivity index (χ0n) is 14.3. The fraction of sp³-hybridized carbons (Fsp3) is 0.667. The molecule has 3 unspecified atom stereocenters. The topological polar surface area (TPSA) is 63.2 Å². The van der Waals surface area contributed by atoms with Crippen molar-refractivity contribution in [2.24, 2.45) is 0 Å². The maximum Gasteiger partial charge on any atom is 0.407 e. The van der Waals surface area contributed by atoms with Crippen molar-refractivity contribution in [2.45, 2.75) is 76.6 Å². The third kappa shape index (κ3) is 4.02. The summed E-state index contributed by atoms with van der Waals surface area (Å²) in [7, 11) is 0. The summed E-state index contributed by atoms with van der Waals surface area (Å²) in [6.45, 7) is 5.66. The van der Waals surface area contributed by atoms with E-state index >= 15 is 0 Å². The number of ether oxygens (including phenoxy) is 1. The predicted octanol–water partition coefficient (Wildman–Crippen LogP) is 3.10. The van der Waals surface area contributed by atoms with E-state index in [1.54, 1.807) is 0 Å². The largest absolute Gasteiger partial charge is 0.444 e. The fourth-order valence-electron chi connectivity index (χ4n) is 3.62. The quantitative estimate of drug-likeness (QED) is 0.899. The smallest absolute Gasteiger partial charge is 0.407 e. The van der Waals surface area contributed by atoms with Gasteiger partial charge in [-0.15, -0.1) is 0 Å². The normalized spacial score (nSPS) is 26.8. The summed E-state index contributed by atoms with van der Waals surface area (Å²) in [6, 6.07) is 4.90. The molecule has 3 rings (SSSR count). The van der Waals surface area contributed by atoms with Gasteiger partial charge in [-0.1, -0.05) is 6.07 Å². The number of fused-ring (bicyclic) bond motifs is 1. The van der Waals surface area contributed by atoms with Crippen molar-refractivity contribution in [1.29, 1.82) is 0 Å². The van der Waals surface area contributed by atoms with Gasteiger partial charge in [0, 0.05) is 18.3 Å². The molecular weight excluding hydrogens is 290 g/mol. The minimum absolute atomic E-state index is 0.137. The SMILES string of the molecule is CC(C)(C)OC(=O)NC1CCCC1NC1CCc2cccnc21. The van der Waals surface area contributed by atoms with Crippen LogP contribution in [-0.2, 0) is 11.2 Å². The van der Waals surface area contributed by atoms with Gasteiger partial charge in [0.2, 0.25) is 0 Å². The second-order valence-corrected chi connectivity index (χ2v) is 7.60. The van der Waals surface area contributed by atoms with Crippen LogP contribution in [0.4, 0.5) is 4.79 Å². The Hall–Kier alpha value is -1.62. The summed E-state index contributed by atoms with van der Waals surface area (Å²) in [5.74, 6) is 0. The first-order chi connectivity index (χ1) is 10.9. The lowest BCUT2D eigenvalue weighted by atomic mass is 10.1. The number of aromatic nitrogens is 1. The van der Waals surface area contributed by atoms with Gasteiger partial charge in [0.05, 0.1) is 11.7 Å². The number of hydrogen-bond donors (Lipinski definition) is 2. The van der Waals surface area contributed by atoms with Gasteiger partial charge in [-0.05, 0) is 64.5 Å². The number of rotatable bonds is 3. The lowest BCUT2D eigenvalue weighted by molar-refractivity contribution is 0.0497. The summed E-state index contributed by atoms with van der Waals surface area (Å²) in [5.41, 5.74) is 2.06. The molecule has 0 aromatic carbocycles. The standard InChI is InChI=1S/C18H27N3O2/c1-18(2,3)23-17(22)21-14-8-4-7-13(14)20-15-10-9-12-6-5-11-19-16(12)15/h5-6,11,13-15,20H,4,7-10H2,1-3H3,(H,21,22). The van der Waals surface area contributed by atoms with Crippen molar-refractivity contribution in [1.82, 2.24) is 15.6 Å². The number of hydrogen-bond acceptors (Lipinski definition) is 4. The predicted molar refractivity (Wildman–Crippen MR) is 89.2 cm³/mol. The van der Waals surface area contributed by atoms with Crippen LogP contribution in [0.2, 0.25) is 0 Å². The van der Waals surface area contributed by atoms with Crippen LogP contribution in [0.3, 0.4) is 0 Å². The van der Waals surface area contributed by atoms with Crippen LogP contribution in [0.1, 0.15) is 63.8 Å². The molecule has 1 amide bonds. The number of amides is 1. The molecule has 1 aromatic rings. The van der Waals surface area contributed by atoms with Crippen LogP contribution in [0, 0.1) is 0 Å². The molecule has 1 heterocycles. The molecule has 1 saturated carbocycles. The average Bonchev–Trinajstić information content (AvgIpc) is 3.05. The summed E-state index contributed by atoms with van der Waals surface area (Å²) >= 11 is 0. The molecule has 1 aromatic heterocycles. The van der Waals surface area contributed by atoms with Crippen LogP contribution in [0.25, 0.3) is 0 Å². The first-order valence-corrected chi connectivity index (χ1v) is 8.62. The van der Waals surface area contributed by atoms with E-state index in [9.17, 15) is 4.79 Å². The van der Waals surface area contributed by atoms with Crippen molar-refractivity contribution < 1.29 is 9.53 Å². The Morgan fingerprint density at radius 3 is 2.83 bits per heavy atom. The van der Waals surface area contributed by atoms with E-state index in [1.165, 1.54) is 11.3 Å². The van der Waals surface area contributed by atoms with Gasteiger partial charge in [-0.25, -0.2) is 4.79 Å². The van der Waals surface area contributed by atoms with Crippen molar-refractivity contribution in [3.05, 3.63) is 29.6 Å². The molecule has 3 atom stereocenters. The Balaban J connectivity index is 1.59.